The molecule has 0 unspecified atom stereocenters. The van der Waals surface area contributed by atoms with Gasteiger partial charge < -0.3 is 83.2 Å². The fourth-order valence-corrected chi connectivity index (χ4v) is 7.83. The highest BCUT2D eigenvalue weighted by Crippen LogP contribution is 2.18. The smallest absolute Gasteiger partial charge is 0.328 e. The van der Waals surface area contributed by atoms with Crippen molar-refractivity contribution in [2.75, 3.05) is 82.9 Å². The van der Waals surface area contributed by atoms with E-state index in [1.807, 2.05) is 0 Å². The summed E-state index contributed by atoms with van der Waals surface area (Å²) in [5, 5.41) is 52.7. The van der Waals surface area contributed by atoms with Gasteiger partial charge >= 0.3 is 11.9 Å². The maximum Gasteiger partial charge on any atom is 0.328 e. The number of aryl methyl sites for hydroxylation is 2. The SMILES string of the molecule is C.C.NCCOCCOCCC(=O)N[C@@H](CCC(=O)NCC(=O)N[C@@H](CNC(=O)c1ccc2c(cnn2CCCNc2ncc[nH]2)c1)C(=O)O)C(=O)NCC(=O)N[C@@H](CNC(=O)c1ccc2c(cnn2CCCNc2ncc[nH]2)c1)C(=O)O. The Hall–Kier alpha value is -9.49. The summed E-state index contributed by atoms with van der Waals surface area (Å²) in [6.07, 6.45) is 10.3. The summed E-state index contributed by atoms with van der Waals surface area (Å²) in [6, 6.07) is 5.08. The number of carboxylic acid groups (broad SMARTS) is 2. The minimum atomic E-state index is -1.63. The number of imidazole rings is 2. The van der Waals surface area contributed by atoms with Crippen LogP contribution in [0.4, 0.5) is 11.9 Å². The van der Waals surface area contributed by atoms with Gasteiger partial charge in [-0.2, -0.15) is 10.2 Å². The van der Waals surface area contributed by atoms with E-state index < -0.39 is 104 Å². The standard InChI is InChI=1S/C50H66N18O13.2CH4/c51-10-20-81-22-21-80-19-9-41(70)64-35(46(75)61-30-43(72)66-37(48(78)79)28-60-45(74)32-4-7-39-34(24-32)26-63-68(39)18-2-12-53-50-56-15-16-57-50)5-8-40(69)58-29-42(71)65-36(47(76)77)27-59-44(73)31-3-6-38-33(23-31)25-62-67(38)17-1-11-52-49-54-13-14-55-49;;/h3-4,6-7,13-16,23-26,35-37H,1-2,5,8-12,17-22,27-30,51H2,(H,58,69)(H,59,73)(H,60,74)(H,61,75)(H,64,70)(H,65,71)(H,66,72)(H,76,77)(H,78,79)(H2,52,54,55)(H2,53,56,57);2*1H4/t35-,36-,37-;;/m0../s1. The van der Waals surface area contributed by atoms with Crippen molar-refractivity contribution in [3.63, 3.8) is 0 Å². The molecular weight excluding hydrogens is 1080 g/mol. The Balaban J connectivity index is 0.00000740. The molecule has 31 heteroatoms. The summed E-state index contributed by atoms with van der Waals surface area (Å²) >= 11 is 0. The number of hydrogen-bond donors (Lipinski definition) is 14. The first-order valence-electron chi connectivity index (χ1n) is 25.8. The van der Waals surface area contributed by atoms with Gasteiger partial charge in [0.1, 0.15) is 18.1 Å². The van der Waals surface area contributed by atoms with Crippen molar-refractivity contribution in [2.45, 2.75) is 78.2 Å². The molecule has 0 aliphatic rings. The Kier molecular flexibility index (Phi) is 27.5. The van der Waals surface area contributed by atoms with E-state index in [0.717, 1.165) is 23.9 Å². The van der Waals surface area contributed by atoms with Crippen LogP contribution in [0.5, 0.6) is 0 Å². The predicted octanol–water partition coefficient (Wildman–Crippen LogP) is -0.713. The fraction of sp³-hybridized carbons (Fsp3) is 0.442. The summed E-state index contributed by atoms with van der Waals surface area (Å²) in [6.45, 7) is 0.837. The van der Waals surface area contributed by atoms with Crippen LogP contribution in [0.2, 0.25) is 0 Å². The van der Waals surface area contributed by atoms with E-state index in [9.17, 15) is 53.4 Å². The van der Waals surface area contributed by atoms with Gasteiger partial charge in [-0.15, -0.1) is 0 Å². The molecule has 0 saturated heterocycles. The number of fused-ring (bicyclic) bond motifs is 2. The van der Waals surface area contributed by atoms with E-state index >= 15 is 0 Å². The van der Waals surface area contributed by atoms with Crippen molar-refractivity contribution in [1.82, 2.24) is 76.7 Å². The third-order valence-electron chi connectivity index (χ3n) is 12.0. The first-order chi connectivity index (χ1) is 39.2. The molecule has 0 aliphatic carbocycles. The summed E-state index contributed by atoms with van der Waals surface area (Å²) < 4.78 is 14.2. The number of H-pyrrole nitrogens is 2. The Morgan fingerprint density at radius 3 is 1.53 bits per heavy atom. The fourth-order valence-electron chi connectivity index (χ4n) is 7.83. The number of rotatable bonds is 37. The summed E-state index contributed by atoms with van der Waals surface area (Å²) in [7, 11) is 0. The van der Waals surface area contributed by atoms with Gasteiger partial charge in [-0.1, -0.05) is 14.9 Å². The number of carboxylic acids is 2. The minimum Gasteiger partial charge on any atom is -0.480 e. The maximum absolute atomic E-state index is 13.4. The molecule has 0 bridgehead atoms. The monoisotopic (exact) mass is 1160 g/mol. The molecule has 4 heterocycles. The van der Waals surface area contributed by atoms with Crippen molar-refractivity contribution in [2.24, 2.45) is 5.73 Å². The Bertz CT molecular complexity index is 3060. The summed E-state index contributed by atoms with van der Waals surface area (Å²) in [5.41, 5.74) is 7.37. The van der Waals surface area contributed by atoms with Crippen molar-refractivity contribution >= 4 is 87.0 Å². The first kappa shape index (κ1) is 66.0. The van der Waals surface area contributed by atoms with Gasteiger partial charge in [0.15, 0.2) is 11.9 Å². The zero-order valence-electron chi connectivity index (χ0n) is 44.0. The molecule has 450 valence electrons. The first-order valence-corrected chi connectivity index (χ1v) is 25.8. The van der Waals surface area contributed by atoms with Crippen LogP contribution in [0.3, 0.4) is 0 Å². The lowest BCUT2D eigenvalue weighted by molar-refractivity contribution is -0.142. The van der Waals surface area contributed by atoms with E-state index in [-0.39, 0.29) is 58.6 Å². The number of nitrogens with two attached hydrogens (primary N) is 1. The van der Waals surface area contributed by atoms with E-state index in [1.54, 1.807) is 82.9 Å². The van der Waals surface area contributed by atoms with Crippen LogP contribution in [0.1, 0.15) is 67.7 Å². The lowest BCUT2D eigenvalue weighted by atomic mass is 10.1. The van der Waals surface area contributed by atoms with E-state index in [2.05, 4.69) is 78.0 Å². The van der Waals surface area contributed by atoms with Gasteiger partial charge in [0.25, 0.3) is 11.8 Å². The lowest BCUT2D eigenvalue weighted by Gasteiger charge is -2.19. The molecule has 0 radical (unpaired) electrons. The van der Waals surface area contributed by atoms with Crippen LogP contribution >= 0.6 is 0 Å². The van der Waals surface area contributed by atoms with Crippen molar-refractivity contribution in [3.8, 4) is 0 Å². The largest absolute Gasteiger partial charge is 0.480 e. The van der Waals surface area contributed by atoms with Gasteiger partial charge in [0.2, 0.25) is 29.5 Å². The number of carbonyl (C=O) groups excluding carboxylic acids is 7. The highest BCUT2D eigenvalue weighted by Gasteiger charge is 2.26. The highest BCUT2D eigenvalue weighted by molar-refractivity contribution is 5.99. The Labute approximate surface area is 476 Å². The van der Waals surface area contributed by atoms with E-state index in [0.29, 0.717) is 62.0 Å². The average molecular weight is 1160 g/mol. The quantitative estimate of drug-likeness (QED) is 0.0214. The van der Waals surface area contributed by atoms with Gasteiger partial charge in [-0.3, -0.25) is 42.9 Å². The summed E-state index contributed by atoms with van der Waals surface area (Å²) in [4.78, 5) is 130. The average Bonchev–Trinajstić information content (AvgIpc) is 4.51. The van der Waals surface area contributed by atoms with Crippen molar-refractivity contribution in [1.29, 1.82) is 0 Å². The highest BCUT2D eigenvalue weighted by atomic mass is 16.5. The topological polar surface area (TPSA) is 440 Å². The molecule has 6 aromatic rings. The summed E-state index contributed by atoms with van der Waals surface area (Å²) in [5.74, 6) is -7.18. The maximum atomic E-state index is 13.4. The van der Waals surface area contributed by atoms with Gasteiger partial charge in [-0.05, 0) is 55.7 Å². The van der Waals surface area contributed by atoms with Gasteiger partial charge in [0.05, 0.1) is 62.9 Å². The second kappa shape index (κ2) is 34.6. The van der Waals surface area contributed by atoms with E-state index in [1.165, 1.54) is 0 Å². The number of carbonyl (C=O) groups is 9. The zero-order valence-corrected chi connectivity index (χ0v) is 44.0. The normalized spacial score (nSPS) is 11.9. The number of anilines is 2. The third-order valence-corrected chi connectivity index (χ3v) is 12.0. The molecule has 0 spiro atoms. The molecule has 0 fully saturated rings. The van der Waals surface area contributed by atoms with Crippen LogP contribution in [-0.2, 0) is 56.1 Å². The van der Waals surface area contributed by atoms with Crippen LogP contribution < -0.4 is 53.6 Å². The number of nitrogens with zero attached hydrogens (tertiary/aromatic N) is 6. The second-order valence-corrected chi connectivity index (χ2v) is 18.0. The number of benzene rings is 2. The van der Waals surface area contributed by atoms with E-state index in [4.69, 9.17) is 15.2 Å². The molecule has 3 atom stereocenters. The van der Waals surface area contributed by atoms with Crippen LogP contribution in [0, 0.1) is 0 Å². The molecule has 7 amide bonds. The second-order valence-electron chi connectivity index (χ2n) is 18.0. The Morgan fingerprint density at radius 1 is 0.578 bits per heavy atom. The van der Waals surface area contributed by atoms with Crippen molar-refractivity contribution in [3.05, 3.63) is 84.7 Å². The molecular formula is C52H74N18O13. The predicted molar refractivity (Wildman–Crippen MR) is 303 cm³/mol. The number of aromatic nitrogens is 8. The minimum absolute atomic E-state index is 0. The number of aliphatic carboxylic acids is 2. The molecule has 31 nitrogen and oxygen atoms in total. The van der Waals surface area contributed by atoms with Crippen LogP contribution in [-0.4, -0.2) is 193 Å². The molecule has 4 aromatic heterocycles. The molecule has 2 aromatic carbocycles. The number of amides is 7. The molecule has 6 rings (SSSR count). The molecule has 0 aliphatic heterocycles. The van der Waals surface area contributed by atoms with Crippen LogP contribution in [0.25, 0.3) is 21.8 Å². The molecule has 15 N–H and O–H groups in total. The third kappa shape index (κ3) is 21.8. The van der Waals surface area contributed by atoms with Crippen molar-refractivity contribution < 1.29 is 62.8 Å². The molecule has 0 saturated carbocycles. The zero-order chi connectivity index (χ0) is 57.9. The number of hydrogen-bond acceptors (Lipinski definition) is 18. The van der Waals surface area contributed by atoms with Crippen LogP contribution in [0.15, 0.2) is 73.6 Å². The van der Waals surface area contributed by atoms with Gasteiger partial charge in [0, 0.05) is 105 Å². The number of aromatic amines is 2. The number of ether oxygens (including phenoxy) is 2. The molecule has 83 heavy (non-hydrogen) atoms. The lowest BCUT2D eigenvalue weighted by Crippen LogP contribution is -2.53. The van der Waals surface area contributed by atoms with Gasteiger partial charge in [-0.25, -0.2) is 19.6 Å². The Morgan fingerprint density at radius 2 is 1.06 bits per heavy atom. The number of nitrogens with one attached hydrogen (secondary N) is 11.